The van der Waals surface area contributed by atoms with Crippen LogP contribution in [-0.2, 0) is 7.05 Å². The van der Waals surface area contributed by atoms with Gasteiger partial charge in [-0.1, -0.05) is 13.8 Å². The summed E-state index contributed by atoms with van der Waals surface area (Å²) in [5.74, 6) is 1.93. The highest BCUT2D eigenvalue weighted by Crippen LogP contribution is 2.26. The van der Waals surface area contributed by atoms with Gasteiger partial charge in [0.05, 0.1) is 0 Å². The van der Waals surface area contributed by atoms with Crippen molar-refractivity contribution in [3.63, 3.8) is 0 Å². The Kier molecular flexibility index (Phi) is 3.81. The van der Waals surface area contributed by atoms with Gasteiger partial charge in [0.15, 0.2) is 5.16 Å². The Balaban J connectivity index is 2.32. The molecule has 0 aromatic carbocycles. The van der Waals surface area contributed by atoms with E-state index in [0.717, 1.165) is 21.8 Å². The molecule has 0 saturated carbocycles. The average molecular weight is 264 g/mol. The molecular formula is C11H16N6S. The highest BCUT2D eigenvalue weighted by Gasteiger charge is 2.10. The molecule has 96 valence electrons. The number of nitrogens with one attached hydrogen (secondary N) is 1. The van der Waals surface area contributed by atoms with E-state index < -0.39 is 0 Å². The van der Waals surface area contributed by atoms with Crippen LogP contribution in [0, 0.1) is 0 Å². The Morgan fingerprint density at radius 2 is 2.11 bits per heavy atom. The topological polar surface area (TPSA) is 68.5 Å². The van der Waals surface area contributed by atoms with Crippen LogP contribution >= 0.6 is 11.8 Å². The van der Waals surface area contributed by atoms with Crippen molar-refractivity contribution in [3.8, 4) is 0 Å². The third kappa shape index (κ3) is 2.79. The van der Waals surface area contributed by atoms with Gasteiger partial charge in [0.1, 0.15) is 23.0 Å². The second-order valence-corrected chi connectivity index (χ2v) is 5.11. The van der Waals surface area contributed by atoms with Gasteiger partial charge in [-0.15, -0.1) is 0 Å². The van der Waals surface area contributed by atoms with Crippen LogP contribution in [0.3, 0.4) is 0 Å². The van der Waals surface area contributed by atoms with Crippen LogP contribution in [0.5, 0.6) is 0 Å². The minimum atomic E-state index is 0.289. The zero-order valence-electron chi connectivity index (χ0n) is 10.9. The van der Waals surface area contributed by atoms with Gasteiger partial charge in [-0.25, -0.2) is 19.6 Å². The predicted octanol–water partition coefficient (Wildman–Crippen LogP) is 1.92. The lowest BCUT2D eigenvalue weighted by Crippen LogP contribution is -2.03. The number of hydrogen-bond donors (Lipinski definition) is 1. The van der Waals surface area contributed by atoms with E-state index in [1.807, 2.05) is 20.2 Å². The normalized spacial score (nSPS) is 10.9. The SMILES string of the molecule is CNc1cc(Sc2ncnn2C)nc(C(C)C)n1. The minimum absolute atomic E-state index is 0.289. The zero-order chi connectivity index (χ0) is 13.1. The highest BCUT2D eigenvalue weighted by atomic mass is 32.2. The third-order valence-corrected chi connectivity index (χ3v) is 3.33. The van der Waals surface area contributed by atoms with Crippen molar-refractivity contribution in [2.75, 3.05) is 12.4 Å². The molecule has 0 aliphatic carbocycles. The Morgan fingerprint density at radius 3 is 2.67 bits per heavy atom. The first-order chi connectivity index (χ1) is 8.60. The molecule has 7 heteroatoms. The summed E-state index contributed by atoms with van der Waals surface area (Å²) >= 11 is 1.48. The summed E-state index contributed by atoms with van der Waals surface area (Å²) in [6.07, 6.45) is 1.53. The van der Waals surface area contributed by atoms with Crippen molar-refractivity contribution < 1.29 is 0 Å². The van der Waals surface area contributed by atoms with Gasteiger partial charge in [-0.05, 0) is 11.8 Å². The van der Waals surface area contributed by atoms with Gasteiger partial charge >= 0.3 is 0 Å². The molecule has 1 N–H and O–H groups in total. The van der Waals surface area contributed by atoms with E-state index in [2.05, 4.69) is 39.2 Å². The van der Waals surface area contributed by atoms with E-state index in [1.165, 1.54) is 18.1 Å². The zero-order valence-corrected chi connectivity index (χ0v) is 11.7. The summed E-state index contributed by atoms with van der Waals surface area (Å²) in [6, 6.07) is 1.91. The minimum Gasteiger partial charge on any atom is -0.373 e. The lowest BCUT2D eigenvalue weighted by molar-refractivity contribution is 0.683. The Bertz CT molecular complexity index is 536. The molecule has 2 rings (SSSR count). The standard InChI is InChI=1S/C11H16N6S/c1-7(2)10-15-8(12-3)5-9(16-10)18-11-13-6-14-17(11)4/h5-7H,1-4H3,(H,12,15,16). The molecule has 0 aliphatic heterocycles. The first kappa shape index (κ1) is 12.8. The van der Waals surface area contributed by atoms with Gasteiger partial charge in [0, 0.05) is 26.1 Å². The van der Waals surface area contributed by atoms with Gasteiger partial charge in [-0.3, -0.25) is 0 Å². The van der Waals surface area contributed by atoms with E-state index in [0.29, 0.717) is 0 Å². The molecule has 0 radical (unpaired) electrons. The smallest absolute Gasteiger partial charge is 0.192 e. The van der Waals surface area contributed by atoms with Crippen molar-refractivity contribution in [1.29, 1.82) is 0 Å². The predicted molar refractivity (Wildman–Crippen MR) is 70.8 cm³/mol. The van der Waals surface area contributed by atoms with Crippen LogP contribution in [0.25, 0.3) is 0 Å². The number of rotatable bonds is 4. The van der Waals surface area contributed by atoms with Gasteiger partial charge in [0.2, 0.25) is 0 Å². The summed E-state index contributed by atoms with van der Waals surface area (Å²) in [4.78, 5) is 13.1. The fourth-order valence-corrected chi connectivity index (χ4v) is 2.13. The molecule has 0 aliphatic rings. The summed E-state index contributed by atoms with van der Waals surface area (Å²) < 4.78 is 1.72. The van der Waals surface area contributed by atoms with Gasteiger partial charge in [-0.2, -0.15) is 5.10 Å². The van der Waals surface area contributed by atoms with Crippen molar-refractivity contribution in [3.05, 3.63) is 18.2 Å². The number of anilines is 1. The van der Waals surface area contributed by atoms with Crippen LogP contribution in [-0.4, -0.2) is 31.8 Å². The summed E-state index contributed by atoms with van der Waals surface area (Å²) in [7, 11) is 3.71. The molecule has 18 heavy (non-hydrogen) atoms. The van der Waals surface area contributed by atoms with Crippen molar-refractivity contribution in [1.82, 2.24) is 24.7 Å². The summed E-state index contributed by atoms with van der Waals surface area (Å²) in [5.41, 5.74) is 0. The second-order valence-electron chi connectivity index (χ2n) is 4.12. The van der Waals surface area contributed by atoms with E-state index in [4.69, 9.17) is 0 Å². The van der Waals surface area contributed by atoms with Crippen molar-refractivity contribution >= 4 is 17.6 Å². The quantitative estimate of drug-likeness (QED) is 0.851. The van der Waals surface area contributed by atoms with E-state index in [-0.39, 0.29) is 5.92 Å². The molecule has 2 aromatic rings. The molecule has 2 aromatic heterocycles. The number of hydrogen-bond acceptors (Lipinski definition) is 6. The lowest BCUT2D eigenvalue weighted by atomic mass is 10.2. The second kappa shape index (κ2) is 5.34. The maximum absolute atomic E-state index is 4.53. The Morgan fingerprint density at radius 1 is 1.33 bits per heavy atom. The maximum atomic E-state index is 4.53. The van der Waals surface area contributed by atoms with Crippen molar-refractivity contribution in [2.24, 2.45) is 7.05 Å². The van der Waals surface area contributed by atoms with Crippen LogP contribution in [0.2, 0.25) is 0 Å². The van der Waals surface area contributed by atoms with E-state index in [9.17, 15) is 0 Å². The molecule has 0 fully saturated rings. The summed E-state index contributed by atoms with van der Waals surface area (Å²) in [5, 5.41) is 8.77. The molecule has 0 bridgehead atoms. The van der Waals surface area contributed by atoms with E-state index >= 15 is 0 Å². The molecule has 0 unspecified atom stereocenters. The monoisotopic (exact) mass is 264 g/mol. The van der Waals surface area contributed by atoms with Gasteiger partial charge < -0.3 is 5.32 Å². The molecule has 6 nitrogen and oxygen atoms in total. The lowest BCUT2D eigenvalue weighted by Gasteiger charge is -2.09. The largest absolute Gasteiger partial charge is 0.373 e. The molecular weight excluding hydrogens is 248 g/mol. The van der Waals surface area contributed by atoms with Crippen molar-refractivity contribution in [2.45, 2.75) is 29.9 Å². The molecule has 0 saturated heterocycles. The third-order valence-electron chi connectivity index (χ3n) is 2.36. The van der Waals surface area contributed by atoms with Crippen LogP contribution < -0.4 is 5.32 Å². The fourth-order valence-electron chi connectivity index (χ4n) is 1.35. The first-order valence-corrected chi connectivity index (χ1v) is 6.50. The Hall–Kier alpha value is -1.63. The number of aromatic nitrogens is 5. The van der Waals surface area contributed by atoms with E-state index in [1.54, 1.807) is 4.68 Å². The molecule has 2 heterocycles. The van der Waals surface area contributed by atoms with Crippen LogP contribution in [0.4, 0.5) is 5.82 Å². The summed E-state index contributed by atoms with van der Waals surface area (Å²) in [6.45, 7) is 4.15. The van der Waals surface area contributed by atoms with Crippen LogP contribution in [0.1, 0.15) is 25.6 Å². The highest BCUT2D eigenvalue weighted by molar-refractivity contribution is 7.99. The molecule has 0 amide bonds. The number of nitrogens with zero attached hydrogens (tertiary/aromatic N) is 5. The van der Waals surface area contributed by atoms with Gasteiger partial charge in [0.25, 0.3) is 0 Å². The van der Waals surface area contributed by atoms with Crippen LogP contribution in [0.15, 0.2) is 22.6 Å². The maximum Gasteiger partial charge on any atom is 0.192 e. The first-order valence-electron chi connectivity index (χ1n) is 5.68. The number of aryl methyl sites for hydroxylation is 1. The Labute approximate surface area is 110 Å². The molecule has 0 atom stereocenters. The molecule has 0 spiro atoms. The fraction of sp³-hybridized carbons (Fsp3) is 0.455. The average Bonchev–Trinajstić information content (AvgIpc) is 2.74.